The summed E-state index contributed by atoms with van der Waals surface area (Å²) in [6.07, 6.45) is 6.06. The first-order chi connectivity index (χ1) is 14.6. The molecular weight excluding hydrogens is 376 g/mol. The van der Waals surface area contributed by atoms with Gasteiger partial charge in [-0.1, -0.05) is 18.2 Å². The highest BCUT2D eigenvalue weighted by molar-refractivity contribution is 5.77. The Bertz CT molecular complexity index is 704. The highest BCUT2D eigenvalue weighted by Crippen LogP contribution is 2.46. The number of carbonyl (C=O) groups excluding carboxylic acids is 1. The van der Waals surface area contributed by atoms with E-state index in [-0.39, 0.29) is 17.4 Å². The third kappa shape index (κ3) is 4.83. The molecule has 166 valence electrons. The molecule has 1 spiro atoms. The summed E-state index contributed by atoms with van der Waals surface area (Å²) in [7, 11) is 0. The van der Waals surface area contributed by atoms with Crippen LogP contribution in [0.25, 0.3) is 0 Å². The smallest absolute Gasteiger partial charge is 0.223 e. The topological polar surface area (TPSA) is 42.0 Å². The Morgan fingerprint density at radius 2 is 1.83 bits per heavy atom. The summed E-state index contributed by atoms with van der Waals surface area (Å²) in [5, 5.41) is 0. The van der Waals surface area contributed by atoms with Gasteiger partial charge in [0.1, 0.15) is 11.4 Å². The summed E-state index contributed by atoms with van der Waals surface area (Å²) in [5.41, 5.74) is 1.10. The number of benzene rings is 1. The SMILES string of the molecule is CCN(CC)C(=O)CC1CC2(CCN(CC3CCOCC3)CC2)Oc2ccccc21. The number of hydrogen-bond acceptors (Lipinski definition) is 4. The van der Waals surface area contributed by atoms with Gasteiger partial charge >= 0.3 is 0 Å². The Balaban J connectivity index is 1.43. The minimum absolute atomic E-state index is 0.116. The van der Waals surface area contributed by atoms with Crippen LogP contribution in [-0.4, -0.2) is 67.2 Å². The maximum atomic E-state index is 12.9. The standard InChI is InChI=1S/C25H38N2O3/c1-3-27(4-2)24(28)17-21-18-25(30-23-8-6-5-7-22(21)23)11-13-26(14-12-25)19-20-9-15-29-16-10-20/h5-8,20-21H,3-4,9-19H2,1-2H3. The molecule has 2 saturated heterocycles. The van der Waals surface area contributed by atoms with E-state index in [2.05, 4.69) is 43.0 Å². The van der Waals surface area contributed by atoms with Gasteiger partial charge in [0, 0.05) is 58.3 Å². The molecule has 5 nitrogen and oxygen atoms in total. The van der Waals surface area contributed by atoms with E-state index in [4.69, 9.17) is 9.47 Å². The molecular formula is C25H38N2O3. The Morgan fingerprint density at radius 3 is 2.53 bits per heavy atom. The van der Waals surface area contributed by atoms with Gasteiger partial charge in [-0.15, -0.1) is 0 Å². The van der Waals surface area contributed by atoms with E-state index in [0.717, 1.165) is 70.3 Å². The fourth-order valence-electron chi connectivity index (χ4n) is 5.59. The zero-order valence-corrected chi connectivity index (χ0v) is 18.8. The summed E-state index contributed by atoms with van der Waals surface area (Å²) in [6.45, 7) is 10.9. The van der Waals surface area contributed by atoms with Crippen molar-refractivity contribution in [2.24, 2.45) is 5.92 Å². The van der Waals surface area contributed by atoms with Crippen LogP contribution in [0, 0.1) is 5.92 Å². The Kier molecular flexibility index (Phi) is 6.99. The minimum atomic E-state index is -0.116. The molecule has 3 aliphatic heterocycles. The Morgan fingerprint density at radius 1 is 1.13 bits per heavy atom. The molecule has 1 aromatic carbocycles. The molecule has 1 unspecified atom stereocenters. The molecule has 0 N–H and O–H groups in total. The summed E-state index contributed by atoms with van der Waals surface area (Å²) in [4.78, 5) is 17.5. The highest BCUT2D eigenvalue weighted by atomic mass is 16.5. The summed E-state index contributed by atoms with van der Waals surface area (Å²) >= 11 is 0. The molecule has 5 heteroatoms. The highest BCUT2D eigenvalue weighted by Gasteiger charge is 2.44. The first kappa shape index (κ1) is 21.6. The van der Waals surface area contributed by atoms with Crippen LogP contribution in [-0.2, 0) is 9.53 Å². The average molecular weight is 415 g/mol. The molecule has 2 fully saturated rings. The zero-order valence-electron chi connectivity index (χ0n) is 18.8. The lowest BCUT2D eigenvalue weighted by molar-refractivity contribution is -0.131. The van der Waals surface area contributed by atoms with Crippen LogP contribution in [0.5, 0.6) is 5.75 Å². The second kappa shape index (κ2) is 9.69. The fourth-order valence-corrected chi connectivity index (χ4v) is 5.59. The summed E-state index contributed by atoms with van der Waals surface area (Å²) < 4.78 is 12.2. The number of piperidine rings is 1. The predicted molar refractivity (Wildman–Crippen MR) is 119 cm³/mol. The first-order valence-corrected chi connectivity index (χ1v) is 12.0. The number of likely N-dealkylation sites (tertiary alicyclic amines) is 1. The number of hydrogen-bond donors (Lipinski definition) is 0. The predicted octanol–water partition coefficient (Wildman–Crippen LogP) is 4.07. The van der Waals surface area contributed by atoms with Crippen molar-refractivity contribution in [2.45, 2.75) is 63.9 Å². The fraction of sp³-hybridized carbons (Fsp3) is 0.720. The van der Waals surface area contributed by atoms with Crippen LogP contribution in [0.15, 0.2) is 24.3 Å². The number of rotatable bonds is 6. The van der Waals surface area contributed by atoms with E-state index < -0.39 is 0 Å². The molecule has 0 aromatic heterocycles. The number of para-hydroxylation sites is 1. The van der Waals surface area contributed by atoms with Crippen LogP contribution in [0.3, 0.4) is 0 Å². The number of ether oxygens (including phenoxy) is 2. The van der Waals surface area contributed by atoms with E-state index in [0.29, 0.717) is 6.42 Å². The number of nitrogens with zero attached hydrogens (tertiary/aromatic N) is 2. The van der Waals surface area contributed by atoms with Gasteiger partial charge in [0.2, 0.25) is 5.91 Å². The van der Waals surface area contributed by atoms with Crippen LogP contribution in [0.2, 0.25) is 0 Å². The molecule has 30 heavy (non-hydrogen) atoms. The summed E-state index contributed by atoms with van der Waals surface area (Å²) in [6, 6.07) is 8.38. The van der Waals surface area contributed by atoms with E-state index in [1.54, 1.807) is 0 Å². The van der Waals surface area contributed by atoms with Crippen molar-refractivity contribution < 1.29 is 14.3 Å². The van der Waals surface area contributed by atoms with Gasteiger partial charge in [0.05, 0.1) is 0 Å². The van der Waals surface area contributed by atoms with Gasteiger partial charge < -0.3 is 19.3 Å². The second-order valence-corrected chi connectivity index (χ2v) is 9.35. The minimum Gasteiger partial charge on any atom is -0.487 e. The third-order valence-electron chi connectivity index (χ3n) is 7.47. The quantitative estimate of drug-likeness (QED) is 0.704. The molecule has 3 heterocycles. The molecule has 0 radical (unpaired) electrons. The number of carbonyl (C=O) groups is 1. The lowest BCUT2D eigenvalue weighted by atomic mass is 9.76. The van der Waals surface area contributed by atoms with Crippen LogP contribution < -0.4 is 4.74 Å². The van der Waals surface area contributed by atoms with E-state index in [1.165, 1.54) is 24.9 Å². The largest absolute Gasteiger partial charge is 0.487 e. The Labute approximate surface area is 181 Å². The molecule has 1 amide bonds. The lowest BCUT2D eigenvalue weighted by Crippen LogP contribution is -2.51. The monoisotopic (exact) mass is 414 g/mol. The van der Waals surface area contributed by atoms with E-state index in [1.807, 2.05) is 4.90 Å². The van der Waals surface area contributed by atoms with Gasteiger partial charge in [-0.2, -0.15) is 0 Å². The van der Waals surface area contributed by atoms with Crippen LogP contribution in [0.4, 0.5) is 0 Å². The molecule has 1 aromatic rings. The number of amides is 1. The second-order valence-electron chi connectivity index (χ2n) is 9.35. The molecule has 1 atom stereocenters. The number of fused-ring (bicyclic) bond motifs is 1. The Hall–Kier alpha value is -1.59. The summed E-state index contributed by atoms with van der Waals surface area (Å²) in [5.74, 6) is 2.30. The van der Waals surface area contributed by atoms with Crippen molar-refractivity contribution in [1.82, 2.24) is 9.80 Å². The van der Waals surface area contributed by atoms with Crippen LogP contribution in [0.1, 0.15) is 63.9 Å². The van der Waals surface area contributed by atoms with E-state index in [9.17, 15) is 4.79 Å². The van der Waals surface area contributed by atoms with Gasteiger partial charge in [0.25, 0.3) is 0 Å². The average Bonchev–Trinajstić information content (AvgIpc) is 2.77. The van der Waals surface area contributed by atoms with E-state index >= 15 is 0 Å². The van der Waals surface area contributed by atoms with Crippen molar-refractivity contribution in [3.05, 3.63) is 29.8 Å². The molecule has 0 aliphatic carbocycles. The first-order valence-electron chi connectivity index (χ1n) is 12.0. The normalized spacial score (nSPS) is 24.3. The molecule has 0 bridgehead atoms. The van der Waals surface area contributed by atoms with Crippen molar-refractivity contribution in [2.75, 3.05) is 45.9 Å². The maximum Gasteiger partial charge on any atom is 0.223 e. The van der Waals surface area contributed by atoms with Gasteiger partial charge in [-0.3, -0.25) is 4.79 Å². The molecule has 0 saturated carbocycles. The third-order valence-corrected chi connectivity index (χ3v) is 7.47. The van der Waals surface area contributed by atoms with Gasteiger partial charge in [-0.05, 0) is 63.5 Å². The van der Waals surface area contributed by atoms with Crippen molar-refractivity contribution in [3.63, 3.8) is 0 Å². The van der Waals surface area contributed by atoms with Crippen molar-refractivity contribution in [1.29, 1.82) is 0 Å². The lowest BCUT2D eigenvalue weighted by Gasteiger charge is -2.47. The molecule has 4 rings (SSSR count). The zero-order chi connectivity index (χ0) is 21.0. The molecule has 3 aliphatic rings. The van der Waals surface area contributed by atoms with Gasteiger partial charge in [-0.25, -0.2) is 0 Å². The van der Waals surface area contributed by atoms with Crippen LogP contribution >= 0.6 is 0 Å². The van der Waals surface area contributed by atoms with Gasteiger partial charge in [0.15, 0.2) is 0 Å². The van der Waals surface area contributed by atoms with Crippen molar-refractivity contribution >= 4 is 5.91 Å². The van der Waals surface area contributed by atoms with Crippen molar-refractivity contribution in [3.8, 4) is 5.75 Å². The maximum absolute atomic E-state index is 12.9.